The first-order valence-corrected chi connectivity index (χ1v) is 13.4. The highest BCUT2D eigenvalue weighted by Gasteiger charge is 2.24. The summed E-state index contributed by atoms with van der Waals surface area (Å²) < 4.78 is 27.2. The molecule has 3 heterocycles. The van der Waals surface area contributed by atoms with E-state index in [9.17, 15) is 18.0 Å². The highest BCUT2D eigenvalue weighted by molar-refractivity contribution is 7.90. The van der Waals surface area contributed by atoms with Crippen molar-refractivity contribution in [2.24, 2.45) is 0 Å². The maximum Gasteiger partial charge on any atom is 0.264 e. The van der Waals surface area contributed by atoms with Crippen molar-refractivity contribution < 1.29 is 13.2 Å². The maximum atomic E-state index is 13.8. The van der Waals surface area contributed by atoms with Gasteiger partial charge in [-0.15, -0.1) is 5.10 Å². The van der Waals surface area contributed by atoms with Crippen LogP contribution in [0.3, 0.4) is 0 Å². The Morgan fingerprint density at radius 3 is 2.65 bits per heavy atom. The Morgan fingerprint density at radius 2 is 1.89 bits per heavy atom. The molecule has 0 aliphatic heterocycles. The minimum absolute atomic E-state index is 0.00642. The molecule has 1 atom stereocenters. The van der Waals surface area contributed by atoms with Crippen LogP contribution in [0.25, 0.3) is 22.1 Å². The van der Waals surface area contributed by atoms with Crippen LogP contribution in [0.15, 0.2) is 76.7 Å². The Hall–Kier alpha value is -4.22. The Morgan fingerprint density at radius 1 is 1.14 bits per heavy atom. The molecule has 0 saturated heterocycles. The topological polar surface area (TPSA) is 141 Å². The lowest BCUT2D eigenvalue weighted by molar-refractivity contribution is 0.0941. The van der Waals surface area contributed by atoms with Gasteiger partial charge >= 0.3 is 0 Å². The van der Waals surface area contributed by atoms with Crippen LogP contribution in [-0.4, -0.2) is 39.7 Å². The molecule has 3 N–H and O–H groups in total. The van der Waals surface area contributed by atoms with Crippen molar-refractivity contribution in [1.29, 1.82) is 0 Å². The number of halogens is 1. The van der Waals surface area contributed by atoms with E-state index in [1.54, 1.807) is 55.6 Å². The monoisotopic (exact) mass is 536 g/mol. The normalized spacial score (nSPS) is 12.6. The van der Waals surface area contributed by atoms with Crippen LogP contribution < -0.4 is 16.6 Å². The molecule has 5 rings (SSSR count). The molecule has 10 nitrogen and oxygen atoms in total. The van der Waals surface area contributed by atoms with E-state index in [0.717, 1.165) is 6.26 Å². The van der Waals surface area contributed by atoms with Crippen molar-refractivity contribution in [1.82, 2.24) is 24.5 Å². The summed E-state index contributed by atoms with van der Waals surface area (Å²) in [6.07, 6.45) is 4.24. The largest absolute Gasteiger partial charge is 0.381 e. The zero-order chi connectivity index (χ0) is 26.5. The van der Waals surface area contributed by atoms with E-state index in [2.05, 4.69) is 15.4 Å². The fourth-order valence-electron chi connectivity index (χ4n) is 4.24. The molecule has 3 aromatic heterocycles. The summed E-state index contributed by atoms with van der Waals surface area (Å²) in [5.41, 5.74) is 6.65. The number of carbonyl (C=O) groups is 1. The van der Waals surface area contributed by atoms with Gasteiger partial charge < -0.3 is 11.1 Å². The zero-order valence-corrected chi connectivity index (χ0v) is 21.3. The van der Waals surface area contributed by atoms with Crippen LogP contribution in [0.1, 0.15) is 29.0 Å². The molecule has 0 radical (unpaired) electrons. The summed E-state index contributed by atoms with van der Waals surface area (Å²) in [5.74, 6) is -0.527. The molecule has 2 aromatic carbocycles. The van der Waals surface area contributed by atoms with Gasteiger partial charge in [0.15, 0.2) is 21.3 Å². The SMILES string of the molecule is CC(NC(=O)c1c(N)nn2cccnc12)c1cc2cccc(Cl)c2c(=O)n1-c1cccc(S(C)(=O)=O)c1. The predicted molar refractivity (Wildman–Crippen MR) is 141 cm³/mol. The first kappa shape index (κ1) is 24.5. The second-order valence-electron chi connectivity index (χ2n) is 8.53. The van der Waals surface area contributed by atoms with Gasteiger partial charge in [0.2, 0.25) is 0 Å². The van der Waals surface area contributed by atoms with E-state index in [-0.39, 0.29) is 32.3 Å². The quantitative estimate of drug-likeness (QED) is 0.351. The smallest absolute Gasteiger partial charge is 0.264 e. The van der Waals surface area contributed by atoms with E-state index in [1.165, 1.54) is 27.4 Å². The second kappa shape index (κ2) is 9.02. The average Bonchev–Trinajstić information content (AvgIpc) is 3.19. The number of pyridine rings is 1. The minimum Gasteiger partial charge on any atom is -0.381 e. The molecule has 0 saturated carbocycles. The molecular formula is C25H21ClN6O4S. The molecule has 1 unspecified atom stereocenters. The molecule has 0 aliphatic rings. The van der Waals surface area contributed by atoms with Crippen molar-refractivity contribution in [3.05, 3.63) is 93.6 Å². The summed E-state index contributed by atoms with van der Waals surface area (Å²) in [6, 6.07) is 13.8. The van der Waals surface area contributed by atoms with Crippen LogP contribution in [0, 0.1) is 0 Å². The average molecular weight is 537 g/mol. The van der Waals surface area contributed by atoms with Gasteiger partial charge in [0.1, 0.15) is 5.56 Å². The summed E-state index contributed by atoms with van der Waals surface area (Å²) in [6.45, 7) is 1.70. The number of nitrogens with zero attached hydrogens (tertiary/aromatic N) is 4. The van der Waals surface area contributed by atoms with Gasteiger partial charge in [-0.25, -0.2) is 17.9 Å². The second-order valence-corrected chi connectivity index (χ2v) is 10.9. The number of hydrogen-bond acceptors (Lipinski definition) is 7. The highest BCUT2D eigenvalue weighted by atomic mass is 35.5. The Kier molecular flexibility index (Phi) is 5.97. The number of aromatic nitrogens is 4. The third kappa shape index (κ3) is 4.32. The third-order valence-corrected chi connectivity index (χ3v) is 7.39. The molecule has 0 aliphatic carbocycles. The summed E-state index contributed by atoms with van der Waals surface area (Å²) in [4.78, 5) is 31.3. The van der Waals surface area contributed by atoms with Crippen molar-refractivity contribution in [3.8, 4) is 5.69 Å². The van der Waals surface area contributed by atoms with Crippen LogP contribution in [0.2, 0.25) is 5.02 Å². The van der Waals surface area contributed by atoms with Crippen molar-refractivity contribution in [3.63, 3.8) is 0 Å². The Balaban J connectivity index is 1.68. The van der Waals surface area contributed by atoms with Crippen molar-refractivity contribution in [2.45, 2.75) is 17.9 Å². The summed E-state index contributed by atoms with van der Waals surface area (Å²) in [7, 11) is -3.55. The van der Waals surface area contributed by atoms with Gasteiger partial charge in [-0.3, -0.25) is 14.2 Å². The van der Waals surface area contributed by atoms with Gasteiger partial charge in [-0.05, 0) is 48.7 Å². The lowest BCUT2D eigenvalue weighted by Crippen LogP contribution is -2.32. The molecular weight excluding hydrogens is 516 g/mol. The Bertz CT molecular complexity index is 1880. The van der Waals surface area contributed by atoms with E-state index >= 15 is 0 Å². The van der Waals surface area contributed by atoms with Gasteiger partial charge in [0, 0.05) is 24.3 Å². The highest BCUT2D eigenvalue weighted by Crippen LogP contribution is 2.27. The number of hydrogen-bond donors (Lipinski definition) is 2. The molecule has 0 bridgehead atoms. The standard InChI is InChI=1S/C25H21ClN6O4S/c1-14(29-24(33)21-22(27)30-31-11-5-10-28-23(21)31)19-12-15-6-3-9-18(26)20(15)25(34)32(19)16-7-4-8-17(13-16)37(2,35)36/h3-14H,1-2H3,(H2,27,30)(H,29,33). The van der Waals surface area contributed by atoms with Gasteiger partial charge in [0.05, 0.1) is 27.0 Å². The summed E-state index contributed by atoms with van der Waals surface area (Å²) in [5, 5.41) is 8.09. The number of nitrogens with two attached hydrogens (primary N) is 1. The first-order valence-electron chi connectivity index (χ1n) is 11.1. The van der Waals surface area contributed by atoms with Gasteiger partial charge in [-0.1, -0.05) is 29.8 Å². The van der Waals surface area contributed by atoms with E-state index in [1.807, 2.05) is 0 Å². The number of fused-ring (bicyclic) bond motifs is 2. The number of amides is 1. The number of nitrogen functional groups attached to an aromatic ring is 1. The molecule has 0 fully saturated rings. The van der Waals surface area contributed by atoms with Crippen LogP contribution in [0.4, 0.5) is 5.82 Å². The van der Waals surface area contributed by atoms with Crippen LogP contribution in [-0.2, 0) is 9.84 Å². The summed E-state index contributed by atoms with van der Waals surface area (Å²) >= 11 is 6.37. The first-order chi connectivity index (χ1) is 17.6. The van der Waals surface area contributed by atoms with Gasteiger partial charge in [0.25, 0.3) is 11.5 Å². The molecule has 1 amide bonds. The lowest BCUT2D eigenvalue weighted by atomic mass is 10.1. The maximum absolute atomic E-state index is 13.8. The molecule has 5 aromatic rings. The molecule has 0 spiro atoms. The predicted octanol–water partition coefficient (Wildman–Crippen LogP) is 3.16. The van der Waals surface area contributed by atoms with Gasteiger partial charge in [-0.2, -0.15) is 0 Å². The van der Waals surface area contributed by atoms with Crippen molar-refractivity contribution in [2.75, 3.05) is 12.0 Å². The molecule has 12 heteroatoms. The van der Waals surface area contributed by atoms with E-state index in [0.29, 0.717) is 16.8 Å². The van der Waals surface area contributed by atoms with E-state index in [4.69, 9.17) is 17.3 Å². The zero-order valence-electron chi connectivity index (χ0n) is 19.7. The van der Waals surface area contributed by atoms with E-state index < -0.39 is 27.3 Å². The molecule has 37 heavy (non-hydrogen) atoms. The number of carbonyl (C=O) groups excluding carboxylic acids is 1. The number of nitrogens with one attached hydrogen (secondary N) is 1. The Labute approximate surface area is 216 Å². The van der Waals surface area contributed by atoms with Crippen LogP contribution in [0.5, 0.6) is 0 Å². The fraction of sp³-hybridized carbons (Fsp3) is 0.120. The van der Waals surface area contributed by atoms with Crippen molar-refractivity contribution >= 4 is 49.6 Å². The molecule has 188 valence electrons. The number of sulfone groups is 1. The number of anilines is 1. The van der Waals surface area contributed by atoms with Crippen LogP contribution >= 0.6 is 11.6 Å². The fourth-order valence-corrected chi connectivity index (χ4v) is 5.17. The minimum atomic E-state index is -3.55. The lowest BCUT2D eigenvalue weighted by Gasteiger charge is -2.21. The number of rotatable bonds is 5. The third-order valence-electron chi connectivity index (χ3n) is 5.97. The number of benzene rings is 2.